The Balaban J connectivity index is 1.48. The van der Waals surface area contributed by atoms with E-state index < -0.39 is 10.0 Å². The summed E-state index contributed by atoms with van der Waals surface area (Å²) in [5, 5.41) is 0.718. The fraction of sp³-hybridized carbons (Fsp3) is 0.381. The monoisotopic (exact) mass is 433 g/mol. The highest BCUT2D eigenvalue weighted by Crippen LogP contribution is 2.35. The van der Waals surface area contributed by atoms with Crippen molar-refractivity contribution in [1.82, 2.24) is 4.90 Å². The Kier molecular flexibility index (Phi) is 5.21. The molecule has 4 rings (SSSR count). The first-order valence-corrected chi connectivity index (χ1v) is 11.9. The molecular formula is C21H24ClN3O3S. The van der Waals surface area contributed by atoms with Gasteiger partial charge in [-0.05, 0) is 49.2 Å². The number of fused-ring (bicyclic) bond motifs is 1. The van der Waals surface area contributed by atoms with E-state index in [4.69, 9.17) is 11.6 Å². The van der Waals surface area contributed by atoms with Crippen molar-refractivity contribution >= 4 is 38.9 Å². The van der Waals surface area contributed by atoms with Crippen LogP contribution >= 0.6 is 11.6 Å². The number of carbonyl (C=O) groups excluding carboxylic acids is 1. The number of para-hydroxylation sites is 1. The van der Waals surface area contributed by atoms with Crippen molar-refractivity contribution in [3.63, 3.8) is 0 Å². The van der Waals surface area contributed by atoms with Gasteiger partial charge in [0.25, 0.3) is 5.91 Å². The van der Waals surface area contributed by atoms with Crippen LogP contribution in [0, 0.1) is 0 Å². The second-order valence-electron chi connectivity index (χ2n) is 7.69. The van der Waals surface area contributed by atoms with E-state index in [1.165, 1.54) is 10.6 Å². The van der Waals surface area contributed by atoms with Crippen LogP contribution in [0.3, 0.4) is 0 Å². The van der Waals surface area contributed by atoms with Crippen LogP contribution in [-0.4, -0.2) is 57.7 Å². The first-order valence-electron chi connectivity index (χ1n) is 9.67. The van der Waals surface area contributed by atoms with E-state index in [9.17, 15) is 13.2 Å². The van der Waals surface area contributed by atoms with Gasteiger partial charge in [-0.25, -0.2) is 8.42 Å². The molecule has 6 nitrogen and oxygen atoms in total. The molecule has 2 aliphatic rings. The van der Waals surface area contributed by atoms with Gasteiger partial charge in [-0.15, -0.1) is 0 Å². The molecular weight excluding hydrogens is 410 g/mol. The Hall–Kier alpha value is -2.25. The zero-order valence-electron chi connectivity index (χ0n) is 16.5. The zero-order valence-corrected chi connectivity index (χ0v) is 18.1. The molecule has 1 fully saturated rings. The number of benzene rings is 2. The number of hydrogen-bond acceptors (Lipinski definition) is 4. The Morgan fingerprint density at radius 3 is 2.38 bits per heavy atom. The molecule has 2 aliphatic heterocycles. The van der Waals surface area contributed by atoms with Crippen LogP contribution < -0.4 is 9.21 Å². The summed E-state index contributed by atoms with van der Waals surface area (Å²) in [5.41, 5.74) is 3.19. The molecule has 1 atom stereocenters. The van der Waals surface area contributed by atoms with E-state index in [2.05, 4.69) is 4.90 Å². The van der Waals surface area contributed by atoms with Gasteiger partial charge < -0.3 is 9.80 Å². The maximum absolute atomic E-state index is 13.0. The number of piperazine rings is 1. The smallest absolute Gasteiger partial charge is 0.253 e. The van der Waals surface area contributed by atoms with Crippen molar-refractivity contribution in [2.24, 2.45) is 0 Å². The van der Waals surface area contributed by atoms with E-state index in [0.29, 0.717) is 30.8 Å². The van der Waals surface area contributed by atoms with Crippen LogP contribution in [-0.2, 0) is 16.4 Å². The molecule has 0 saturated carbocycles. The predicted octanol–water partition coefficient (Wildman–Crippen LogP) is 3.01. The summed E-state index contributed by atoms with van der Waals surface area (Å²) in [6, 6.07) is 12.9. The summed E-state index contributed by atoms with van der Waals surface area (Å²) >= 11 is 6.29. The second-order valence-corrected chi connectivity index (χ2v) is 9.95. The second kappa shape index (κ2) is 7.54. The molecule has 2 heterocycles. The average molecular weight is 434 g/mol. The number of carbonyl (C=O) groups is 1. The van der Waals surface area contributed by atoms with Crippen LogP contribution in [0.4, 0.5) is 11.4 Å². The molecule has 1 saturated heterocycles. The lowest BCUT2D eigenvalue weighted by Gasteiger charge is -2.36. The zero-order chi connectivity index (χ0) is 20.8. The minimum atomic E-state index is -3.33. The highest BCUT2D eigenvalue weighted by atomic mass is 35.5. The Morgan fingerprint density at radius 2 is 1.72 bits per heavy atom. The molecule has 0 aliphatic carbocycles. The number of nitrogens with zero attached hydrogens (tertiary/aromatic N) is 3. The third kappa shape index (κ3) is 3.81. The van der Waals surface area contributed by atoms with Crippen molar-refractivity contribution < 1.29 is 13.2 Å². The molecule has 0 N–H and O–H groups in total. The van der Waals surface area contributed by atoms with E-state index in [1.807, 2.05) is 42.2 Å². The van der Waals surface area contributed by atoms with Gasteiger partial charge in [0.15, 0.2) is 0 Å². The van der Waals surface area contributed by atoms with Gasteiger partial charge in [0.05, 0.1) is 22.7 Å². The van der Waals surface area contributed by atoms with Gasteiger partial charge in [-0.3, -0.25) is 9.10 Å². The largest absolute Gasteiger partial charge is 0.367 e. The third-order valence-electron chi connectivity index (χ3n) is 5.60. The summed E-state index contributed by atoms with van der Waals surface area (Å²) in [6.07, 6.45) is 1.83. The van der Waals surface area contributed by atoms with E-state index in [-0.39, 0.29) is 11.9 Å². The highest BCUT2D eigenvalue weighted by molar-refractivity contribution is 7.92. The lowest BCUT2D eigenvalue weighted by atomic mass is 10.1. The Morgan fingerprint density at radius 1 is 1.03 bits per heavy atom. The Labute approximate surface area is 176 Å². The van der Waals surface area contributed by atoms with Crippen molar-refractivity contribution in [3.8, 4) is 0 Å². The molecule has 29 heavy (non-hydrogen) atoms. The predicted molar refractivity (Wildman–Crippen MR) is 116 cm³/mol. The molecule has 1 amide bonds. The standard InChI is InChI=1S/C21H24ClN3O3S/c1-15-13-17-14-16(7-8-19(17)25(15)29(2,27)28)21(26)24-11-9-23(10-12-24)20-6-4-3-5-18(20)22/h3-8,14-15H,9-13H2,1-2H3. The number of anilines is 2. The lowest BCUT2D eigenvalue weighted by Crippen LogP contribution is -2.48. The van der Waals surface area contributed by atoms with Gasteiger partial charge in [0, 0.05) is 37.8 Å². The number of halogens is 1. The summed E-state index contributed by atoms with van der Waals surface area (Å²) < 4.78 is 25.6. The lowest BCUT2D eigenvalue weighted by molar-refractivity contribution is 0.0746. The maximum Gasteiger partial charge on any atom is 0.253 e. The summed E-state index contributed by atoms with van der Waals surface area (Å²) in [6.45, 7) is 4.56. The quantitative estimate of drug-likeness (QED) is 0.746. The normalized spacial score (nSPS) is 19.4. The molecule has 0 bridgehead atoms. The van der Waals surface area contributed by atoms with E-state index in [1.54, 1.807) is 12.1 Å². The summed E-state index contributed by atoms with van der Waals surface area (Å²) in [5.74, 6) is -0.0166. The SMILES string of the molecule is CC1Cc2cc(C(=O)N3CCN(c4ccccc4Cl)CC3)ccc2N1S(C)(=O)=O. The highest BCUT2D eigenvalue weighted by Gasteiger charge is 2.33. The maximum atomic E-state index is 13.0. The van der Waals surface area contributed by atoms with E-state index >= 15 is 0 Å². The third-order valence-corrected chi connectivity index (χ3v) is 7.19. The minimum absolute atomic E-state index is 0.0166. The average Bonchev–Trinajstić information content (AvgIpc) is 3.03. The molecule has 1 unspecified atom stereocenters. The molecule has 2 aromatic carbocycles. The van der Waals surface area contributed by atoms with Crippen molar-refractivity contribution in [3.05, 3.63) is 58.6 Å². The number of sulfonamides is 1. The van der Waals surface area contributed by atoms with Gasteiger partial charge >= 0.3 is 0 Å². The Bertz CT molecular complexity index is 1050. The van der Waals surface area contributed by atoms with Crippen LogP contribution in [0.25, 0.3) is 0 Å². The van der Waals surface area contributed by atoms with Crippen molar-refractivity contribution in [2.45, 2.75) is 19.4 Å². The molecule has 0 aromatic heterocycles. The fourth-order valence-electron chi connectivity index (χ4n) is 4.28. The summed E-state index contributed by atoms with van der Waals surface area (Å²) in [7, 11) is -3.33. The van der Waals surface area contributed by atoms with Crippen LogP contribution in [0.5, 0.6) is 0 Å². The first-order chi connectivity index (χ1) is 13.8. The molecule has 0 radical (unpaired) electrons. The first kappa shape index (κ1) is 20.0. The number of hydrogen-bond donors (Lipinski definition) is 0. The van der Waals surface area contributed by atoms with Gasteiger partial charge in [0.2, 0.25) is 10.0 Å². The van der Waals surface area contributed by atoms with Crippen LogP contribution in [0.15, 0.2) is 42.5 Å². The molecule has 154 valence electrons. The molecule has 2 aromatic rings. The van der Waals surface area contributed by atoms with Crippen molar-refractivity contribution in [1.29, 1.82) is 0 Å². The van der Waals surface area contributed by atoms with Gasteiger partial charge in [-0.1, -0.05) is 23.7 Å². The van der Waals surface area contributed by atoms with Crippen LogP contribution in [0.2, 0.25) is 5.02 Å². The topological polar surface area (TPSA) is 60.9 Å². The minimum Gasteiger partial charge on any atom is -0.367 e. The molecule has 8 heteroatoms. The van der Waals surface area contributed by atoms with Crippen LogP contribution in [0.1, 0.15) is 22.8 Å². The van der Waals surface area contributed by atoms with Crippen molar-refractivity contribution in [2.75, 3.05) is 41.6 Å². The molecule has 0 spiro atoms. The summed E-state index contributed by atoms with van der Waals surface area (Å²) in [4.78, 5) is 17.1. The van der Waals surface area contributed by atoms with E-state index in [0.717, 1.165) is 29.4 Å². The number of amides is 1. The van der Waals surface area contributed by atoms with Gasteiger partial charge in [-0.2, -0.15) is 0 Å². The number of rotatable bonds is 3. The van der Waals surface area contributed by atoms with Gasteiger partial charge in [0.1, 0.15) is 0 Å². The fourth-order valence-corrected chi connectivity index (χ4v) is 5.80.